The molecule has 1 aliphatic rings. The van der Waals surface area contributed by atoms with Crippen LogP contribution in [0.25, 0.3) is 0 Å². The van der Waals surface area contributed by atoms with E-state index in [1.54, 1.807) is 12.3 Å². The van der Waals surface area contributed by atoms with E-state index in [1.807, 2.05) is 0 Å². The number of piperazine rings is 1. The Hall–Kier alpha value is -0.980. The third-order valence-electron chi connectivity index (χ3n) is 3.42. The van der Waals surface area contributed by atoms with E-state index < -0.39 is 0 Å². The second-order valence-corrected chi connectivity index (χ2v) is 5.91. The first-order chi connectivity index (χ1) is 9.05. The number of aromatic nitrogens is 1. The van der Waals surface area contributed by atoms with E-state index in [1.165, 1.54) is 11.3 Å². The van der Waals surface area contributed by atoms with Crippen LogP contribution in [0, 0.1) is 0 Å². The van der Waals surface area contributed by atoms with Gasteiger partial charge in [0.25, 0.3) is 0 Å². The van der Waals surface area contributed by atoms with Crippen LogP contribution in [0.1, 0.15) is 36.3 Å². The lowest BCUT2D eigenvalue weighted by atomic mass is 10.0. The molecule has 19 heavy (non-hydrogen) atoms. The maximum absolute atomic E-state index is 11.7. The number of nitrogens with one attached hydrogen (secondary N) is 1. The van der Waals surface area contributed by atoms with Crippen molar-refractivity contribution in [1.82, 2.24) is 15.2 Å². The zero-order valence-electron chi connectivity index (χ0n) is 11.7. The molecule has 0 amide bonds. The first kappa shape index (κ1) is 14.4. The highest BCUT2D eigenvalue weighted by molar-refractivity contribution is 7.10. The van der Waals surface area contributed by atoms with Crippen LogP contribution in [0.5, 0.6) is 0 Å². The van der Waals surface area contributed by atoms with Crippen molar-refractivity contribution >= 4 is 17.3 Å². The summed E-state index contributed by atoms with van der Waals surface area (Å²) in [5.74, 6) is -0.332. The van der Waals surface area contributed by atoms with Crippen LogP contribution in [0.4, 0.5) is 0 Å². The molecule has 5 nitrogen and oxygen atoms in total. The maximum atomic E-state index is 11.7. The van der Waals surface area contributed by atoms with Crippen molar-refractivity contribution < 1.29 is 9.53 Å². The molecule has 0 atom stereocenters. The first-order valence-corrected chi connectivity index (χ1v) is 7.52. The smallest absolute Gasteiger partial charge is 0.357 e. The molecule has 0 unspecified atom stereocenters. The predicted molar refractivity (Wildman–Crippen MR) is 75.5 cm³/mol. The van der Waals surface area contributed by atoms with E-state index in [4.69, 9.17) is 4.74 Å². The van der Waals surface area contributed by atoms with Crippen LogP contribution < -0.4 is 5.32 Å². The Labute approximate surface area is 118 Å². The van der Waals surface area contributed by atoms with Gasteiger partial charge in [-0.05, 0) is 20.8 Å². The molecule has 2 rings (SSSR count). The molecule has 1 N–H and O–H groups in total. The van der Waals surface area contributed by atoms with Gasteiger partial charge in [0.05, 0.1) is 12.1 Å². The van der Waals surface area contributed by atoms with E-state index in [0.29, 0.717) is 12.3 Å². The number of hydrogen-bond donors (Lipinski definition) is 1. The van der Waals surface area contributed by atoms with Gasteiger partial charge in [-0.15, -0.1) is 11.3 Å². The van der Waals surface area contributed by atoms with Crippen LogP contribution in [0.15, 0.2) is 5.38 Å². The van der Waals surface area contributed by atoms with Gasteiger partial charge in [-0.3, -0.25) is 4.90 Å². The molecule has 1 aliphatic heterocycles. The number of hydrogen-bond acceptors (Lipinski definition) is 6. The Morgan fingerprint density at radius 2 is 2.21 bits per heavy atom. The fraction of sp³-hybridized carbons (Fsp3) is 0.692. The Kier molecular flexibility index (Phi) is 4.54. The van der Waals surface area contributed by atoms with Crippen LogP contribution in [-0.2, 0) is 10.3 Å². The molecule has 0 aliphatic carbocycles. The largest absolute Gasteiger partial charge is 0.461 e. The van der Waals surface area contributed by atoms with E-state index in [-0.39, 0.29) is 11.5 Å². The summed E-state index contributed by atoms with van der Waals surface area (Å²) >= 11 is 1.53. The van der Waals surface area contributed by atoms with Gasteiger partial charge in [0, 0.05) is 31.6 Å². The zero-order valence-corrected chi connectivity index (χ0v) is 12.5. The van der Waals surface area contributed by atoms with Crippen molar-refractivity contribution in [2.45, 2.75) is 26.3 Å². The normalized spacial score (nSPS) is 17.4. The van der Waals surface area contributed by atoms with Gasteiger partial charge in [-0.1, -0.05) is 0 Å². The number of nitrogens with zero attached hydrogens (tertiary/aromatic N) is 2. The van der Waals surface area contributed by atoms with Crippen molar-refractivity contribution in [3.8, 4) is 0 Å². The predicted octanol–water partition coefficient (Wildman–Crippen LogP) is 1.46. The van der Waals surface area contributed by atoms with Gasteiger partial charge >= 0.3 is 5.97 Å². The highest BCUT2D eigenvalue weighted by atomic mass is 32.1. The molecule has 1 saturated heterocycles. The summed E-state index contributed by atoms with van der Waals surface area (Å²) < 4.78 is 4.98. The lowest BCUT2D eigenvalue weighted by Crippen LogP contribution is -2.51. The third kappa shape index (κ3) is 3.13. The molecule has 1 aromatic heterocycles. The lowest BCUT2D eigenvalue weighted by Gasteiger charge is -2.39. The molecule has 0 saturated carbocycles. The SMILES string of the molecule is CCOC(=O)c1csc(C(C)(C)N2CCNCC2)n1. The van der Waals surface area contributed by atoms with Crippen LogP contribution >= 0.6 is 11.3 Å². The van der Waals surface area contributed by atoms with Crippen molar-refractivity contribution in [3.63, 3.8) is 0 Å². The summed E-state index contributed by atoms with van der Waals surface area (Å²) in [6, 6.07) is 0. The Bertz CT molecular complexity index is 439. The molecular formula is C13H21N3O2S. The van der Waals surface area contributed by atoms with Crippen LogP contribution in [0.3, 0.4) is 0 Å². The minimum atomic E-state index is -0.332. The Morgan fingerprint density at radius 1 is 1.53 bits per heavy atom. The highest BCUT2D eigenvalue weighted by Crippen LogP contribution is 2.30. The first-order valence-electron chi connectivity index (χ1n) is 6.64. The molecule has 106 valence electrons. The average Bonchev–Trinajstić information content (AvgIpc) is 2.90. The Balaban J connectivity index is 2.13. The molecule has 0 spiro atoms. The fourth-order valence-corrected chi connectivity index (χ4v) is 3.15. The molecule has 0 bridgehead atoms. The second-order valence-electron chi connectivity index (χ2n) is 5.05. The number of thiazole rings is 1. The van der Waals surface area contributed by atoms with Crippen molar-refractivity contribution in [3.05, 3.63) is 16.1 Å². The quantitative estimate of drug-likeness (QED) is 0.848. The number of carbonyl (C=O) groups excluding carboxylic acids is 1. The summed E-state index contributed by atoms with van der Waals surface area (Å²) in [5, 5.41) is 6.10. The van der Waals surface area contributed by atoms with Gasteiger partial charge in [-0.25, -0.2) is 9.78 Å². The third-order valence-corrected chi connectivity index (χ3v) is 4.57. The molecule has 6 heteroatoms. The number of rotatable bonds is 4. The van der Waals surface area contributed by atoms with E-state index >= 15 is 0 Å². The van der Waals surface area contributed by atoms with Crippen molar-refractivity contribution in [2.24, 2.45) is 0 Å². The van der Waals surface area contributed by atoms with Gasteiger partial charge in [0.15, 0.2) is 5.69 Å². The van der Waals surface area contributed by atoms with Crippen LogP contribution in [-0.4, -0.2) is 48.6 Å². The zero-order chi connectivity index (χ0) is 13.9. The average molecular weight is 283 g/mol. The highest BCUT2D eigenvalue weighted by Gasteiger charge is 2.33. The van der Waals surface area contributed by atoms with E-state index in [9.17, 15) is 4.79 Å². The second kappa shape index (κ2) is 5.98. The standard InChI is InChI=1S/C13H21N3O2S/c1-4-18-11(17)10-9-19-12(15-10)13(2,3)16-7-5-14-6-8-16/h9,14H,4-8H2,1-3H3. The van der Waals surface area contributed by atoms with Crippen molar-refractivity contribution in [1.29, 1.82) is 0 Å². The molecule has 1 fully saturated rings. The molecular weight excluding hydrogens is 262 g/mol. The minimum absolute atomic E-state index is 0.141. The van der Waals surface area contributed by atoms with Gasteiger partial charge in [-0.2, -0.15) is 0 Å². The number of esters is 1. The van der Waals surface area contributed by atoms with Gasteiger partial charge in [0.1, 0.15) is 5.01 Å². The monoisotopic (exact) mass is 283 g/mol. The summed E-state index contributed by atoms with van der Waals surface area (Å²) in [6.45, 7) is 10.5. The summed E-state index contributed by atoms with van der Waals surface area (Å²) in [5.41, 5.74) is 0.280. The molecule has 0 aromatic carbocycles. The van der Waals surface area contributed by atoms with E-state index in [0.717, 1.165) is 31.2 Å². The summed E-state index contributed by atoms with van der Waals surface area (Å²) in [6.07, 6.45) is 0. The fourth-order valence-electron chi connectivity index (χ4n) is 2.21. The molecule has 0 radical (unpaired) electrons. The Morgan fingerprint density at radius 3 is 2.84 bits per heavy atom. The minimum Gasteiger partial charge on any atom is -0.461 e. The van der Waals surface area contributed by atoms with Crippen LogP contribution in [0.2, 0.25) is 0 Å². The van der Waals surface area contributed by atoms with E-state index in [2.05, 4.69) is 29.0 Å². The number of carbonyl (C=O) groups is 1. The lowest BCUT2D eigenvalue weighted by molar-refractivity contribution is 0.0518. The van der Waals surface area contributed by atoms with Crippen molar-refractivity contribution in [2.75, 3.05) is 32.8 Å². The molecule has 2 heterocycles. The topological polar surface area (TPSA) is 54.5 Å². The summed E-state index contributed by atoms with van der Waals surface area (Å²) in [4.78, 5) is 18.5. The van der Waals surface area contributed by atoms with Gasteiger partial charge in [0.2, 0.25) is 0 Å². The number of ether oxygens (including phenoxy) is 1. The molecule has 1 aromatic rings. The summed E-state index contributed by atoms with van der Waals surface area (Å²) in [7, 11) is 0. The maximum Gasteiger partial charge on any atom is 0.357 e. The van der Waals surface area contributed by atoms with Gasteiger partial charge < -0.3 is 10.1 Å².